The largest absolute Gasteiger partial charge is 0.494 e. The molecule has 2 aromatic carbocycles. The Hall–Kier alpha value is -2.08. The van der Waals surface area contributed by atoms with Crippen LogP contribution in [0.25, 0.3) is 0 Å². The van der Waals surface area contributed by atoms with Gasteiger partial charge in [-0.1, -0.05) is 25.5 Å². The minimum Gasteiger partial charge on any atom is -0.494 e. The number of sulfonamides is 1. The average Bonchev–Trinajstić information content (AvgIpc) is 2.50. The molecule has 0 saturated carbocycles. The van der Waals surface area contributed by atoms with Crippen LogP contribution in [0.15, 0.2) is 53.4 Å². The lowest BCUT2D eigenvalue weighted by molar-refractivity contribution is 0.309. The van der Waals surface area contributed by atoms with Crippen molar-refractivity contribution < 1.29 is 17.5 Å². The molecule has 22 heavy (non-hydrogen) atoms. The maximum atomic E-state index is 13.5. The van der Waals surface area contributed by atoms with Gasteiger partial charge in [-0.2, -0.15) is 0 Å². The molecule has 0 bridgehead atoms. The van der Waals surface area contributed by atoms with Crippen LogP contribution in [0.4, 0.5) is 10.1 Å². The Balaban J connectivity index is 2.11. The van der Waals surface area contributed by atoms with Crippen LogP contribution in [-0.2, 0) is 10.0 Å². The molecule has 0 spiro atoms. The Kier molecular flexibility index (Phi) is 5.38. The monoisotopic (exact) mass is 323 g/mol. The Labute approximate surface area is 130 Å². The van der Waals surface area contributed by atoms with Crippen LogP contribution in [0, 0.1) is 5.82 Å². The number of rotatable bonds is 7. The van der Waals surface area contributed by atoms with Gasteiger partial charge in [0.1, 0.15) is 11.6 Å². The first kappa shape index (κ1) is 16.3. The van der Waals surface area contributed by atoms with E-state index in [0.717, 1.165) is 12.8 Å². The van der Waals surface area contributed by atoms with Crippen molar-refractivity contribution in [2.45, 2.75) is 24.7 Å². The van der Waals surface area contributed by atoms with Crippen molar-refractivity contribution in [1.29, 1.82) is 0 Å². The summed E-state index contributed by atoms with van der Waals surface area (Å²) in [6.07, 6.45) is 1.97. The Morgan fingerprint density at radius 2 is 1.77 bits per heavy atom. The number of hydrogen-bond donors (Lipinski definition) is 1. The normalized spacial score (nSPS) is 11.2. The van der Waals surface area contributed by atoms with Gasteiger partial charge >= 0.3 is 0 Å². The minimum atomic E-state index is -3.82. The number of benzene rings is 2. The van der Waals surface area contributed by atoms with Gasteiger partial charge in [0, 0.05) is 0 Å². The molecule has 0 unspecified atom stereocenters. The van der Waals surface area contributed by atoms with E-state index in [1.165, 1.54) is 30.3 Å². The third-order valence-corrected chi connectivity index (χ3v) is 4.40. The third-order valence-electron chi connectivity index (χ3n) is 3.02. The second kappa shape index (κ2) is 7.26. The van der Waals surface area contributed by atoms with Crippen molar-refractivity contribution in [2.75, 3.05) is 11.3 Å². The van der Waals surface area contributed by atoms with Gasteiger partial charge in [-0.05, 0) is 42.8 Å². The summed E-state index contributed by atoms with van der Waals surface area (Å²) < 4.78 is 45.6. The van der Waals surface area contributed by atoms with E-state index in [2.05, 4.69) is 11.6 Å². The van der Waals surface area contributed by atoms with E-state index in [1.807, 2.05) is 0 Å². The van der Waals surface area contributed by atoms with Crippen LogP contribution in [0.2, 0.25) is 0 Å². The Morgan fingerprint density at radius 1 is 1.09 bits per heavy atom. The summed E-state index contributed by atoms with van der Waals surface area (Å²) in [4.78, 5) is 0.0543. The van der Waals surface area contributed by atoms with Crippen LogP contribution in [0.5, 0.6) is 5.75 Å². The molecule has 1 N–H and O–H groups in total. The molecule has 118 valence electrons. The molecule has 0 fully saturated rings. The number of para-hydroxylation sites is 1. The maximum absolute atomic E-state index is 13.5. The molecule has 0 radical (unpaired) electrons. The predicted octanol–water partition coefficient (Wildman–Crippen LogP) is 3.81. The van der Waals surface area contributed by atoms with Gasteiger partial charge in [0.15, 0.2) is 0 Å². The van der Waals surface area contributed by atoms with E-state index in [9.17, 15) is 12.8 Å². The van der Waals surface area contributed by atoms with E-state index in [1.54, 1.807) is 18.2 Å². The zero-order valence-electron chi connectivity index (χ0n) is 12.3. The lowest BCUT2D eigenvalue weighted by Crippen LogP contribution is -2.13. The lowest BCUT2D eigenvalue weighted by Gasteiger charge is -2.10. The number of unbranched alkanes of at least 4 members (excludes halogenated alkanes) is 1. The first-order chi connectivity index (χ1) is 10.5. The molecule has 0 aromatic heterocycles. The Bertz CT molecular complexity index is 714. The van der Waals surface area contributed by atoms with E-state index in [4.69, 9.17) is 4.74 Å². The fourth-order valence-electron chi connectivity index (χ4n) is 1.80. The summed E-state index contributed by atoms with van der Waals surface area (Å²) in [5.41, 5.74) is -0.0780. The van der Waals surface area contributed by atoms with Gasteiger partial charge in [-0.3, -0.25) is 4.72 Å². The predicted molar refractivity (Wildman–Crippen MR) is 84.1 cm³/mol. The highest BCUT2D eigenvalue weighted by Crippen LogP contribution is 2.21. The van der Waals surface area contributed by atoms with Crippen molar-refractivity contribution in [3.63, 3.8) is 0 Å². The van der Waals surface area contributed by atoms with Gasteiger partial charge in [-0.15, -0.1) is 0 Å². The minimum absolute atomic E-state index is 0.0543. The highest BCUT2D eigenvalue weighted by molar-refractivity contribution is 7.92. The summed E-state index contributed by atoms with van der Waals surface area (Å²) in [5, 5.41) is 0. The van der Waals surface area contributed by atoms with Crippen molar-refractivity contribution in [3.05, 3.63) is 54.3 Å². The molecule has 0 atom stereocenters. The SMILES string of the molecule is CCCCOc1ccc(S(=O)(=O)Nc2ccccc2F)cc1. The summed E-state index contributed by atoms with van der Waals surface area (Å²) in [6.45, 7) is 2.66. The smallest absolute Gasteiger partial charge is 0.261 e. The third kappa shape index (κ3) is 4.21. The number of hydrogen-bond acceptors (Lipinski definition) is 3. The highest BCUT2D eigenvalue weighted by Gasteiger charge is 2.16. The molecule has 0 amide bonds. The fraction of sp³-hybridized carbons (Fsp3) is 0.250. The number of ether oxygens (including phenoxy) is 1. The number of anilines is 1. The molecule has 2 aromatic rings. The molecule has 6 heteroatoms. The van der Waals surface area contributed by atoms with E-state index >= 15 is 0 Å². The molecule has 0 aliphatic rings. The molecule has 0 saturated heterocycles. The van der Waals surface area contributed by atoms with Crippen LogP contribution in [0.1, 0.15) is 19.8 Å². The first-order valence-corrected chi connectivity index (χ1v) is 8.51. The molecule has 0 aliphatic heterocycles. The molecule has 0 aliphatic carbocycles. The topological polar surface area (TPSA) is 55.4 Å². The summed E-state index contributed by atoms with van der Waals surface area (Å²) in [6, 6.07) is 11.7. The van der Waals surface area contributed by atoms with Crippen molar-refractivity contribution in [2.24, 2.45) is 0 Å². The first-order valence-electron chi connectivity index (χ1n) is 7.03. The highest BCUT2D eigenvalue weighted by atomic mass is 32.2. The zero-order valence-corrected chi connectivity index (χ0v) is 13.1. The van der Waals surface area contributed by atoms with Gasteiger partial charge in [0.05, 0.1) is 17.2 Å². The second-order valence-corrected chi connectivity index (χ2v) is 6.44. The van der Waals surface area contributed by atoms with Crippen molar-refractivity contribution in [1.82, 2.24) is 0 Å². The summed E-state index contributed by atoms with van der Waals surface area (Å²) >= 11 is 0. The zero-order chi connectivity index (χ0) is 16.0. The standard InChI is InChI=1S/C16H18FNO3S/c1-2-3-12-21-13-8-10-14(11-9-13)22(19,20)18-16-7-5-4-6-15(16)17/h4-11,18H,2-3,12H2,1H3. The van der Waals surface area contributed by atoms with E-state index < -0.39 is 15.8 Å². The molecular formula is C16H18FNO3S. The fourth-order valence-corrected chi connectivity index (χ4v) is 2.86. The van der Waals surface area contributed by atoms with E-state index in [-0.39, 0.29) is 10.6 Å². The van der Waals surface area contributed by atoms with E-state index in [0.29, 0.717) is 12.4 Å². The summed E-state index contributed by atoms with van der Waals surface area (Å²) in [7, 11) is -3.82. The second-order valence-electron chi connectivity index (χ2n) is 4.76. The van der Waals surface area contributed by atoms with Gasteiger partial charge in [-0.25, -0.2) is 12.8 Å². The number of nitrogens with one attached hydrogen (secondary N) is 1. The van der Waals surface area contributed by atoms with Crippen LogP contribution in [-0.4, -0.2) is 15.0 Å². The molecule has 2 rings (SSSR count). The summed E-state index contributed by atoms with van der Waals surface area (Å²) in [5.74, 6) is -0.0103. The van der Waals surface area contributed by atoms with Gasteiger partial charge in [0.2, 0.25) is 0 Å². The van der Waals surface area contributed by atoms with Crippen LogP contribution >= 0.6 is 0 Å². The van der Waals surface area contributed by atoms with Crippen molar-refractivity contribution in [3.8, 4) is 5.75 Å². The average molecular weight is 323 g/mol. The molecule has 4 nitrogen and oxygen atoms in total. The van der Waals surface area contributed by atoms with Gasteiger partial charge in [0.25, 0.3) is 10.0 Å². The Morgan fingerprint density at radius 3 is 2.41 bits per heavy atom. The van der Waals surface area contributed by atoms with Crippen molar-refractivity contribution >= 4 is 15.7 Å². The number of halogens is 1. The molecular weight excluding hydrogens is 305 g/mol. The van der Waals surface area contributed by atoms with Gasteiger partial charge < -0.3 is 4.74 Å². The van der Waals surface area contributed by atoms with Crippen LogP contribution < -0.4 is 9.46 Å². The van der Waals surface area contributed by atoms with Crippen LogP contribution in [0.3, 0.4) is 0 Å². The maximum Gasteiger partial charge on any atom is 0.261 e. The lowest BCUT2D eigenvalue weighted by atomic mass is 10.3. The quantitative estimate of drug-likeness (QED) is 0.788. The molecule has 0 heterocycles.